The van der Waals surface area contributed by atoms with E-state index in [0.29, 0.717) is 13.1 Å². The van der Waals surface area contributed by atoms with Gasteiger partial charge in [0.1, 0.15) is 5.60 Å². The maximum Gasteiger partial charge on any atom is 0.478 e. The minimum Gasteiger partial charge on any atom is -0.460 e. The number of carbonyl (C=O) groups is 2. The maximum atomic E-state index is 12.8. The smallest absolute Gasteiger partial charge is 0.460 e. The minimum absolute atomic E-state index is 0.229. The second kappa shape index (κ2) is 12.0. The van der Waals surface area contributed by atoms with Crippen LogP contribution in [-0.4, -0.2) is 55.3 Å². The van der Waals surface area contributed by atoms with Crippen molar-refractivity contribution in [2.45, 2.75) is 85.5 Å². The third-order valence-corrected chi connectivity index (χ3v) is 4.63. The van der Waals surface area contributed by atoms with E-state index in [1.54, 1.807) is 62.3 Å². The highest BCUT2D eigenvalue weighted by Crippen LogP contribution is 2.55. The highest BCUT2D eigenvalue weighted by molar-refractivity contribution is 7.48. The van der Waals surface area contributed by atoms with Crippen LogP contribution in [0, 0.1) is 0 Å². The van der Waals surface area contributed by atoms with Gasteiger partial charge in [-0.3, -0.25) is 13.8 Å². The van der Waals surface area contributed by atoms with E-state index in [0.717, 1.165) is 0 Å². The summed E-state index contributed by atoms with van der Waals surface area (Å²) in [7, 11) is -3.95. The van der Waals surface area contributed by atoms with Crippen LogP contribution in [0.5, 0.6) is 0 Å². The van der Waals surface area contributed by atoms with Crippen LogP contribution in [-0.2, 0) is 32.4 Å². The van der Waals surface area contributed by atoms with Gasteiger partial charge < -0.3 is 20.1 Å². The molecule has 0 saturated carbocycles. The predicted octanol–water partition coefficient (Wildman–Crippen LogP) is 3.75. The van der Waals surface area contributed by atoms with Crippen LogP contribution < -0.4 is 10.6 Å². The van der Waals surface area contributed by atoms with Crippen LogP contribution in [0.2, 0.25) is 0 Å². The van der Waals surface area contributed by atoms with E-state index < -0.39 is 37.5 Å². The van der Waals surface area contributed by atoms with Crippen LogP contribution in [0.15, 0.2) is 0 Å². The zero-order chi connectivity index (χ0) is 23.6. The number of rotatable bonds is 11. The van der Waals surface area contributed by atoms with E-state index >= 15 is 0 Å². The Morgan fingerprint density at radius 2 is 1.33 bits per heavy atom. The molecule has 1 amide bonds. The van der Waals surface area contributed by atoms with E-state index in [2.05, 4.69) is 10.6 Å². The van der Waals surface area contributed by atoms with Crippen LogP contribution in [0.25, 0.3) is 0 Å². The number of amides is 1. The van der Waals surface area contributed by atoms with Crippen molar-refractivity contribution in [2.24, 2.45) is 0 Å². The molecule has 0 aromatic heterocycles. The van der Waals surface area contributed by atoms with Gasteiger partial charge in [0.2, 0.25) is 6.79 Å². The van der Waals surface area contributed by atoms with Crippen molar-refractivity contribution in [2.75, 3.05) is 26.4 Å². The Morgan fingerprint density at radius 3 is 1.80 bits per heavy atom. The largest absolute Gasteiger partial charge is 0.478 e. The summed E-state index contributed by atoms with van der Waals surface area (Å²) in [5.41, 5.74) is -2.08. The lowest BCUT2D eigenvalue weighted by atomic mass is 10.2. The highest BCUT2D eigenvalue weighted by atomic mass is 31.2. The third-order valence-electron chi connectivity index (χ3n) is 2.67. The number of phosphoric ester groups is 1. The number of nitrogens with one attached hydrogen (secondary N) is 2. The highest BCUT2D eigenvalue weighted by Gasteiger charge is 2.37. The molecule has 0 aliphatic heterocycles. The first-order valence-electron chi connectivity index (χ1n) is 9.90. The quantitative estimate of drug-likeness (QED) is 0.208. The fourth-order valence-corrected chi connectivity index (χ4v) is 3.56. The minimum atomic E-state index is -3.95. The molecular formula is C19H39N2O8P. The van der Waals surface area contributed by atoms with E-state index in [-0.39, 0.29) is 18.9 Å². The Labute approximate surface area is 180 Å². The summed E-state index contributed by atoms with van der Waals surface area (Å²) < 4.78 is 38.8. The van der Waals surface area contributed by atoms with Crippen molar-refractivity contribution >= 4 is 19.9 Å². The van der Waals surface area contributed by atoms with Crippen LogP contribution in [0.4, 0.5) is 4.79 Å². The Kier molecular flexibility index (Phi) is 11.5. The molecule has 11 heteroatoms. The molecule has 0 unspecified atom stereocenters. The van der Waals surface area contributed by atoms with Crippen molar-refractivity contribution < 1.29 is 37.2 Å². The molecule has 0 rings (SSSR count). The average Bonchev–Trinajstić information content (AvgIpc) is 2.44. The summed E-state index contributed by atoms with van der Waals surface area (Å²) in [5.74, 6) is -0.293. The van der Waals surface area contributed by atoms with Gasteiger partial charge in [-0.1, -0.05) is 0 Å². The molecule has 0 fully saturated rings. The van der Waals surface area contributed by atoms with Crippen LogP contribution in [0.1, 0.15) is 68.7 Å². The van der Waals surface area contributed by atoms with Gasteiger partial charge in [0, 0.05) is 19.6 Å². The van der Waals surface area contributed by atoms with Crippen molar-refractivity contribution in [1.82, 2.24) is 10.6 Å². The third kappa shape index (κ3) is 17.7. The van der Waals surface area contributed by atoms with Crippen LogP contribution >= 0.6 is 7.82 Å². The molecule has 0 aliphatic carbocycles. The average molecular weight is 455 g/mol. The molecule has 178 valence electrons. The topological polar surface area (TPSA) is 121 Å². The van der Waals surface area contributed by atoms with Gasteiger partial charge in [0.15, 0.2) is 0 Å². The zero-order valence-electron chi connectivity index (χ0n) is 19.7. The van der Waals surface area contributed by atoms with Crippen molar-refractivity contribution in [3.05, 3.63) is 0 Å². The number of hydrogen-bond acceptors (Lipinski definition) is 9. The van der Waals surface area contributed by atoms with Gasteiger partial charge >= 0.3 is 19.9 Å². The first-order valence-corrected chi connectivity index (χ1v) is 11.4. The lowest BCUT2D eigenvalue weighted by molar-refractivity contribution is -0.154. The van der Waals surface area contributed by atoms with Crippen molar-refractivity contribution in [1.29, 1.82) is 0 Å². The molecule has 0 aliphatic rings. The number of hydrogen-bond donors (Lipinski definition) is 2. The fourth-order valence-electron chi connectivity index (χ4n) is 1.90. The molecule has 0 bridgehead atoms. The number of phosphoric acid groups is 1. The van der Waals surface area contributed by atoms with Gasteiger partial charge in [-0.25, -0.2) is 13.9 Å². The Morgan fingerprint density at radius 1 is 0.800 bits per heavy atom. The summed E-state index contributed by atoms with van der Waals surface area (Å²) in [6.07, 6.45) is -0.520. The summed E-state index contributed by atoms with van der Waals surface area (Å²) in [4.78, 5) is 23.3. The lowest BCUT2D eigenvalue weighted by Crippen LogP contribution is -2.34. The molecule has 0 radical (unpaired) electrons. The van der Waals surface area contributed by atoms with Gasteiger partial charge in [-0.15, -0.1) is 0 Å². The first kappa shape index (κ1) is 28.8. The van der Waals surface area contributed by atoms with E-state index in [1.165, 1.54) is 0 Å². The van der Waals surface area contributed by atoms with E-state index in [1.807, 2.05) is 0 Å². The van der Waals surface area contributed by atoms with Gasteiger partial charge in [-0.05, 0) is 62.3 Å². The number of alkyl carbamates (subject to hydrolysis) is 1. The molecule has 0 saturated heterocycles. The Hall–Kier alpha value is -1.19. The molecule has 10 nitrogen and oxygen atoms in total. The Balaban J connectivity index is 4.14. The van der Waals surface area contributed by atoms with Gasteiger partial charge in [0.05, 0.1) is 17.6 Å². The van der Waals surface area contributed by atoms with Gasteiger partial charge in [-0.2, -0.15) is 0 Å². The number of esters is 1. The summed E-state index contributed by atoms with van der Waals surface area (Å²) in [6, 6.07) is 0. The SMILES string of the molecule is CC(C)(C)OC(=O)CCNCCNC(=O)OCOP(=O)(OC(C)(C)C)OC(C)(C)C. The van der Waals surface area contributed by atoms with E-state index in [9.17, 15) is 14.2 Å². The molecule has 0 atom stereocenters. The molecule has 0 heterocycles. The number of carbonyl (C=O) groups excluding carboxylic acids is 2. The number of ether oxygens (including phenoxy) is 2. The lowest BCUT2D eigenvalue weighted by Gasteiger charge is -2.30. The van der Waals surface area contributed by atoms with E-state index in [4.69, 9.17) is 23.0 Å². The predicted molar refractivity (Wildman–Crippen MR) is 113 cm³/mol. The standard InChI is InChI=1S/C19H39N2O8P/c1-17(2,3)27-15(22)10-11-20-12-13-21-16(23)25-14-26-30(24,28-18(4,5)6)29-19(7,8)9/h20H,10-14H2,1-9H3,(H,21,23). The molecule has 0 spiro atoms. The van der Waals surface area contributed by atoms with Crippen molar-refractivity contribution in [3.8, 4) is 0 Å². The van der Waals surface area contributed by atoms with Crippen LogP contribution in [0.3, 0.4) is 0 Å². The first-order chi connectivity index (χ1) is 13.4. The molecule has 2 N–H and O–H groups in total. The molecule has 0 aromatic carbocycles. The summed E-state index contributed by atoms with van der Waals surface area (Å²) >= 11 is 0. The summed E-state index contributed by atoms with van der Waals surface area (Å²) in [5, 5.41) is 5.50. The fraction of sp³-hybridized carbons (Fsp3) is 0.895. The normalized spacial score (nSPS) is 13.1. The molecular weight excluding hydrogens is 415 g/mol. The molecule has 0 aromatic rings. The summed E-state index contributed by atoms with van der Waals surface area (Å²) in [6.45, 7) is 16.2. The van der Waals surface area contributed by atoms with Crippen molar-refractivity contribution in [3.63, 3.8) is 0 Å². The second-order valence-electron chi connectivity index (χ2n) is 9.55. The monoisotopic (exact) mass is 454 g/mol. The molecule has 30 heavy (non-hydrogen) atoms. The zero-order valence-corrected chi connectivity index (χ0v) is 20.6. The second-order valence-corrected chi connectivity index (χ2v) is 11.1. The van der Waals surface area contributed by atoms with Gasteiger partial charge in [0.25, 0.3) is 0 Å². The maximum absolute atomic E-state index is 12.8. The Bertz CT molecular complexity index is 571.